The van der Waals surface area contributed by atoms with Gasteiger partial charge in [0.15, 0.2) is 0 Å². The summed E-state index contributed by atoms with van der Waals surface area (Å²) in [5.74, 6) is 0. The maximum absolute atomic E-state index is 2.33. The molecule has 0 saturated carbocycles. The van der Waals surface area contributed by atoms with Crippen LogP contribution in [0.5, 0.6) is 0 Å². The van der Waals surface area contributed by atoms with E-state index in [9.17, 15) is 0 Å². The monoisotopic (exact) mass is 405 g/mol. The number of benzene rings is 4. The predicted octanol–water partition coefficient (Wildman–Crippen LogP) is 4.46. The van der Waals surface area contributed by atoms with Crippen molar-refractivity contribution in [2.24, 2.45) is 0 Å². The molecule has 3 heteroatoms. The van der Waals surface area contributed by atoms with Gasteiger partial charge in [-0.3, -0.25) is 0 Å². The number of fused-ring (bicyclic) bond motifs is 1. The van der Waals surface area contributed by atoms with Gasteiger partial charge < -0.3 is 3.55 Å². The van der Waals surface area contributed by atoms with Gasteiger partial charge in [-0.15, -0.1) is 0 Å². The Morgan fingerprint density at radius 2 is 1.14 bits per heavy atom. The molecule has 1 radical (unpaired) electrons. The van der Waals surface area contributed by atoms with Crippen molar-refractivity contribution in [1.29, 1.82) is 0 Å². The van der Waals surface area contributed by atoms with E-state index in [0.29, 0.717) is 0 Å². The van der Waals surface area contributed by atoms with E-state index in [-0.39, 0.29) is 0 Å². The molecule has 0 spiro atoms. The minimum Gasteiger partial charge on any atom is -0.451 e. The van der Waals surface area contributed by atoms with Crippen molar-refractivity contribution >= 4 is 51.2 Å². The molecule has 1 nitrogen and oxygen atoms in total. The third-order valence-electron chi connectivity index (χ3n) is 5.40. The van der Waals surface area contributed by atoms with Gasteiger partial charge in [-0.1, -0.05) is 72.8 Å². The number of para-hydroxylation sites is 1. The molecule has 0 bridgehead atoms. The Bertz CT molecular complexity index is 1220. The Morgan fingerprint density at radius 1 is 0.552 bits per heavy atom. The van der Waals surface area contributed by atoms with Gasteiger partial charge in [-0.2, -0.15) is 0 Å². The summed E-state index contributed by atoms with van der Waals surface area (Å²) in [5.41, 5.74) is 3.96. The SMILES string of the molecule is [AlH][n]1ccc2cccc(-c3ccccc3[PH+](c3ccccc3)c3ccccc3)c21. The number of hydrogen-bond donors (Lipinski definition) is 0. The summed E-state index contributed by atoms with van der Waals surface area (Å²) in [4.78, 5) is 0. The third-order valence-corrected chi connectivity index (χ3v) is 8.72. The minimum atomic E-state index is -1.12. The number of hydrogen-bond acceptors (Lipinski definition) is 0. The maximum atomic E-state index is 2.33. The van der Waals surface area contributed by atoms with Crippen LogP contribution >= 0.6 is 7.92 Å². The first-order valence-corrected chi connectivity index (χ1v) is 11.9. The molecule has 5 aromatic rings. The van der Waals surface area contributed by atoms with Crippen molar-refractivity contribution in [3.05, 3.63) is 115 Å². The fraction of sp³-hybridized carbons (Fsp3) is 0. The largest absolute Gasteiger partial charge is 0.451 e. The van der Waals surface area contributed by atoms with Gasteiger partial charge in [0.1, 0.15) is 15.9 Å². The van der Waals surface area contributed by atoms with Gasteiger partial charge in [-0.25, -0.2) is 0 Å². The average molecular weight is 405 g/mol. The van der Waals surface area contributed by atoms with Crippen LogP contribution in [0.2, 0.25) is 0 Å². The van der Waals surface area contributed by atoms with E-state index in [2.05, 4.69) is 119 Å². The lowest BCUT2D eigenvalue weighted by Crippen LogP contribution is -2.22. The molecule has 1 heterocycles. The lowest BCUT2D eigenvalue weighted by molar-refractivity contribution is 1.32. The number of aromatic nitrogens is 1. The highest BCUT2D eigenvalue weighted by Gasteiger charge is 2.28. The Balaban J connectivity index is 1.78. The van der Waals surface area contributed by atoms with Crippen LogP contribution in [-0.4, -0.2) is 20.1 Å². The zero-order chi connectivity index (χ0) is 19.6. The summed E-state index contributed by atoms with van der Waals surface area (Å²) in [6, 6.07) is 39.8. The second kappa shape index (κ2) is 8.02. The molecule has 137 valence electrons. The van der Waals surface area contributed by atoms with Crippen molar-refractivity contribution < 1.29 is 0 Å². The quantitative estimate of drug-likeness (QED) is 0.307. The highest BCUT2D eigenvalue weighted by Crippen LogP contribution is 2.38. The van der Waals surface area contributed by atoms with E-state index < -0.39 is 7.92 Å². The topological polar surface area (TPSA) is 4.93 Å². The smallest absolute Gasteiger partial charge is 0.348 e. The summed E-state index contributed by atoms with van der Waals surface area (Å²) < 4.78 is 2.26. The molecule has 4 aromatic carbocycles. The molecular formula is C26H21AlNP+. The molecule has 5 rings (SSSR count). The molecule has 29 heavy (non-hydrogen) atoms. The molecule has 0 saturated heterocycles. The Labute approximate surface area is 181 Å². The molecule has 0 amide bonds. The first-order chi connectivity index (χ1) is 14.3. The Morgan fingerprint density at radius 3 is 1.83 bits per heavy atom. The average Bonchev–Trinajstić information content (AvgIpc) is 3.17. The van der Waals surface area contributed by atoms with Gasteiger partial charge in [0.05, 0.1) is 7.92 Å². The van der Waals surface area contributed by atoms with Crippen LogP contribution in [0, 0.1) is 0 Å². The van der Waals surface area contributed by atoms with Crippen molar-refractivity contribution in [2.45, 2.75) is 0 Å². The first kappa shape index (κ1) is 18.4. The zero-order valence-corrected chi connectivity index (χ0v) is 18.5. The molecular weight excluding hydrogens is 384 g/mol. The van der Waals surface area contributed by atoms with E-state index in [1.54, 1.807) is 0 Å². The van der Waals surface area contributed by atoms with Gasteiger partial charge in [0, 0.05) is 16.6 Å². The minimum absolute atomic E-state index is 1.12. The lowest BCUT2D eigenvalue weighted by atomic mass is 10.0. The van der Waals surface area contributed by atoms with Crippen LogP contribution in [0.1, 0.15) is 0 Å². The van der Waals surface area contributed by atoms with Crippen molar-refractivity contribution in [2.75, 3.05) is 0 Å². The normalized spacial score (nSPS) is 11.2. The van der Waals surface area contributed by atoms with Gasteiger partial charge in [0.2, 0.25) is 0 Å². The van der Waals surface area contributed by atoms with Crippen LogP contribution < -0.4 is 15.9 Å². The summed E-state index contributed by atoms with van der Waals surface area (Å²) >= 11 is 1.90. The summed E-state index contributed by atoms with van der Waals surface area (Å²) in [6.45, 7) is 0. The van der Waals surface area contributed by atoms with E-state index in [0.717, 1.165) is 0 Å². The van der Waals surface area contributed by atoms with Crippen molar-refractivity contribution in [3.63, 3.8) is 0 Å². The van der Waals surface area contributed by atoms with Crippen LogP contribution in [0.4, 0.5) is 0 Å². The maximum Gasteiger partial charge on any atom is 0.348 e. The molecule has 0 aliphatic rings. The Kier molecular flexibility index (Phi) is 5.09. The molecule has 0 N–H and O–H groups in total. The fourth-order valence-electron chi connectivity index (χ4n) is 4.10. The van der Waals surface area contributed by atoms with E-state index in [1.165, 1.54) is 37.9 Å². The molecule has 0 aliphatic heterocycles. The van der Waals surface area contributed by atoms with Gasteiger partial charge >= 0.3 is 16.5 Å². The highest BCUT2D eigenvalue weighted by atomic mass is 31.1. The zero-order valence-electron chi connectivity index (χ0n) is 16.1. The standard InChI is InChI=1S/C26H19NP.Al.H/c1-3-11-21(12-4-1)28(22-13-5-2-6-14-22)25-17-8-7-15-23(25)24-16-9-10-20-18-19-27-26(20)24;;/h1-19H;;/q-1;+1;/p+1. The van der Waals surface area contributed by atoms with Gasteiger partial charge in [0.25, 0.3) is 0 Å². The van der Waals surface area contributed by atoms with E-state index in [4.69, 9.17) is 0 Å². The van der Waals surface area contributed by atoms with Crippen LogP contribution in [0.15, 0.2) is 115 Å². The summed E-state index contributed by atoms with van der Waals surface area (Å²) in [6.07, 6.45) is 2.16. The predicted molar refractivity (Wildman–Crippen MR) is 130 cm³/mol. The second-order valence-corrected chi connectivity index (χ2v) is 10.3. The molecule has 0 fully saturated rings. The van der Waals surface area contributed by atoms with E-state index >= 15 is 0 Å². The van der Waals surface area contributed by atoms with Crippen LogP contribution in [0.25, 0.3) is 22.0 Å². The summed E-state index contributed by atoms with van der Waals surface area (Å²) in [7, 11) is -1.12. The van der Waals surface area contributed by atoms with E-state index in [1.807, 2.05) is 16.5 Å². The highest BCUT2D eigenvalue weighted by molar-refractivity contribution is 7.80. The molecule has 0 aliphatic carbocycles. The summed E-state index contributed by atoms with van der Waals surface area (Å²) in [5, 5.41) is 5.56. The number of nitrogens with zero attached hydrogens (tertiary/aromatic N) is 1. The number of rotatable bonds is 4. The van der Waals surface area contributed by atoms with Crippen molar-refractivity contribution in [3.8, 4) is 11.1 Å². The molecule has 1 aromatic heterocycles. The van der Waals surface area contributed by atoms with Gasteiger partial charge in [-0.05, 0) is 48.0 Å². The fourth-order valence-corrected chi connectivity index (χ4v) is 7.32. The third kappa shape index (κ3) is 3.45. The van der Waals surface area contributed by atoms with Crippen LogP contribution in [0.3, 0.4) is 0 Å². The molecule has 0 atom stereocenters. The lowest BCUT2D eigenvalue weighted by Gasteiger charge is -2.16. The Hall–Kier alpha value is -2.62. The first-order valence-electron chi connectivity index (χ1n) is 9.81. The second-order valence-electron chi connectivity index (χ2n) is 7.18. The van der Waals surface area contributed by atoms with Crippen LogP contribution in [-0.2, 0) is 0 Å². The molecule has 0 unspecified atom stereocenters. The van der Waals surface area contributed by atoms with Crippen molar-refractivity contribution in [1.82, 2.24) is 3.55 Å².